The summed E-state index contributed by atoms with van der Waals surface area (Å²) in [6.07, 6.45) is 1.30. The van der Waals surface area contributed by atoms with Gasteiger partial charge in [0.2, 0.25) is 5.91 Å². The van der Waals surface area contributed by atoms with Gasteiger partial charge in [0.1, 0.15) is 6.33 Å². The van der Waals surface area contributed by atoms with Gasteiger partial charge in [-0.15, -0.1) is 0 Å². The highest BCUT2D eigenvalue weighted by molar-refractivity contribution is 6.31. The third-order valence-electron chi connectivity index (χ3n) is 2.71. The van der Waals surface area contributed by atoms with E-state index in [2.05, 4.69) is 20.6 Å². The first-order chi connectivity index (χ1) is 10.2. The number of rotatable bonds is 6. The summed E-state index contributed by atoms with van der Waals surface area (Å²) >= 11 is 5.87. The van der Waals surface area contributed by atoms with Gasteiger partial charge in [-0.05, 0) is 5.56 Å². The number of anilines is 1. The topological polar surface area (TPSA) is 76.1 Å². The minimum absolute atomic E-state index is 0.0660. The largest absolute Gasteiger partial charge is 0.490 e. The van der Waals surface area contributed by atoms with Crippen LogP contribution >= 0.6 is 11.6 Å². The zero-order chi connectivity index (χ0) is 15.1. The number of carbonyl (C=O) groups excluding carboxylic acids is 1. The molecule has 0 saturated carbocycles. The number of hydrogen-bond acceptors (Lipinski definition) is 5. The number of aromatic nitrogens is 2. The fourth-order valence-electron chi connectivity index (χ4n) is 1.68. The highest BCUT2D eigenvalue weighted by Gasteiger charge is 2.11. The van der Waals surface area contributed by atoms with Crippen molar-refractivity contribution >= 4 is 23.3 Å². The number of hydrogen-bond donors (Lipinski definition) is 2. The van der Waals surface area contributed by atoms with Crippen LogP contribution in [0, 0.1) is 0 Å². The summed E-state index contributed by atoms with van der Waals surface area (Å²) in [4.78, 5) is 19.6. The van der Waals surface area contributed by atoms with Gasteiger partial charge < -0.3 is 15.4 Å². The second-order valence-corrected chi connectivity index (χ2v) is 4.52. The third kappa shape index (κ3) is 4.32. The van der Waals surface area contributed by atoms with Crippen LogP contribution < -0.4 is 15.4 Å². The average Bonchev–Trinajstić information content (AvgIpc) is 2.52. The van der Waals surface area contributed by atoms with Crippen molar-refractivity contribution in [2.45, 2.75) is 6.54 Å². The van der Waals surface area contributed by atoms with Crippen molar-refractivity contribution in [1.82, 2.24) is 15.3 Å². The van der Waals surface area contributed by atoms with Gasteiger partial charge in [-0.25, -0.2) is 9.97 Å². The molecule has 0 aliphatic rings. The van der Waals surface area contributed by atoms with E-state index in [1.807, 2.05) is 30.3 Å². The van der Waals surface area contributed by atoms with E-state index < -0.39 is 0 Å². The summed E-state index contributed by atoms with van der Waals surface area (Å²) in [6.45, 7) is 0.541. The third-order valence-corrected chi connectivity index (χ3v) is 2.98. The number of halogens is 1. The van der Waals surface area contributed by atoms with E-state index in [0.29, 0.717) is 18.1 Å². The molecule has 7 heteroatoms. The standard InChI is InChI=1S/C14H15ClN4O2/c1-21-12-13(15)18-9-19-14(12)17-8-11(20)16-7-10-5-3-2-4-6-10/h2-6,9H,7-8H2,1H3,(H,16,20)(H,17,18,19). The second-order valence-electron chi connectivity index (χ2n) is 4.16. The fourth-order valence-corrected chi connectivity index (χ4v) is 1.89. The lowest BCUT2D eigenvalue weighted by molar-refractivity contribution is -0.119. The quantitative estimate of drug-likeness (QED) is 0.797. The maximum atomic E-state index is 11.8. The summed E-state index contributed by atoms with van der Waals surface area (Å²) in [5.74, 6) is 0.540. The van der Waals surface area contributed by atoms with Gasteiger partial charge >= 0.3 is 0 Å². The SMILES string of the molecule is COc1c(Cl)ncnc1NCC(=O)NCc1ccccc1. The molecule has 21 heavy (non-hydrogen) atoms. The average molecular weight is 307 g/mol. The van der Waals surface area contributed by atoms with E-state index in [1.54, 1.807) is 0 Å². The molecule has 0 atom stereocenters. The summed E-state index contributed by atoms with van der Waals surface area (Å²) in [6, 6.07) is 9.67. The number of carbonyl (C=O) groups is 1. The number of amides is 1. The van der Waals surface area contributed by atoms with Crippen LogP contribution in [0.1, 0.15) is 5.56 Å². The lowest BCUT2D eigenvalue weighted by atomic mass is 10.2. The van der Waals surface area contributed by atoms with Gasteiger partial charge in [0, 0.05) is 6.54 Å². The van der Waals surface area contributed by atoms with Crippen LogP contribution in [0.2, 0.25) is 5.15 Å². The van der Waals surface area contributed by atoms with Gasteiger partial charge in [-0.3, -0.25) is 4.79 Å². The molecular formula is C14H15ClN4O2. The number of ether oxygens (including phenoxy) is 1. The van der Waals surface area contributed by atoms with Crippen LogP contribution in [0.15, 0.2) is 36.7 Å². The molecule has 0 aliphatic carbocycles. The van der Waals surface area contributed by atoms with Gasteiger partial charge in [0.05, 0.1) is 13.7 Å². The van der Waals surface area contributed by atoms with Crippen molar-refractivity contribution in [2.75, 3.05) is 19.0 Å². The molecule has 6 nitrogen and oxygen atoms in total. The molecule has 0 bridgehead atoms. The molecule has 1 heterocycles. The lowest BCUT2D eigenvalue weighted by Crippen LogP contribution is -2.29. The van der Waals surface area contributed by atoms with Gasteiger partial charge in [-0.2, -0.15) is 0 Å². The maximum absolute atomic E-state index is 11.8. The molecule has 0 radical (unpaired) electrons. The summed E-state index contributed by atoms with van der Waals surface area (Å²) in [5, 5.41) is 5.87. The summed E-state index contributed by atoms with van der Waals surface area (Å²) in [7, 11) is 1.46. The Hall–Kier alpha value is -2.34. The van der Waals surface area contributed by atoms with Crippen molar-refractivity contribution in [3.63, 3.8) is 0 Å². The first-order valence-corrected chi connectivity index (χ1v) is 6.67. The molecule has 1 aromatic carbocycles. The number of benzene rings is 1. The van der Waals surface area contributed by atoms with E-state index in [4.69, 9.17) is 16.3 Å². The molecule has 0 spiro atoms. The minimum Gasteiger partial charge on any atom is -0.490 e. The lowest BCUT2D eigenvalue weighted by Gasteiger charge is -2.10. The highest BCUT2D eigenvalue weighted by Crippen LogP contribution is 2.27. The van der Waals surface area contributed by atoms with Gasteiger partial charge in [0.15, 0.2) is 16.7 Å². The van der Waals surface area contributed by atoms with E-state index in [1.165, 1.54) is 13.4 Å². The molecule has 0 aliphatic heterocycles. The van der Waals surface area contributed by atoms with Gasteiger partial charge in [0.25, 0.3) is 0 Å². The van der Waals surface area contributed by atoms with E-state index >= 15 is 0 Å². The maximum Gasteiger partial charge on any atom is 0.239 e. The predicted octanol–water partition coefficient (Wildman–Crippen LogP) is 1.87. The van der Waals surface area contributed by atoms with Crippen LogP contribution in [0.25, 0.3) is 0 Å². The predicted molar refractivity (Wildman–Crippen MR) is 80.4 cm³/mol. The molecule has 1 aromatic heterocycles. The first-order valence-electron chi connectivity index (χ1n) is 6.29. The van der Waals surface area contributed by atoms with Crippen LogP contribution in [0.4, 0.5) is 5.82 Å². The molecule has 0 saturated heterocycles. The normalized spacial score (nSPS) is 10.0. The molecular weight excluding hydrogens is 292 g/mol. The Morgan fingerprint density at radius 2 is 2.05 bits per heavy atom. The Morgan fingerprint density at radius 3 is 2.76 bits per heavy atom. The summed E-state index contributed by atoms with van der Waals surface area (Å²) < 4.78 is 5.09. The molecule has 0 unspecified atom stereocenters. The Labute approximate surface area is 127 Å². The molecule has 2 N–H and O–H groups in total. The zero-order valence-electron chi connectivity index (χ0n) is 11.5. The Bertz CT molecular complexity index is 607. The van der Waals surface area contributed by atoms with Crippen molar-refractivity contribution in [3.8, 4) is 5.75 Å². The number of nitrogens with zero attached hydrogens (tertiary/aromatic N) is 2. The smallest absolute Gasteiger partial charge is 0.239 e. The van der Waals surface area contributed by atoms with Gasteiger partial charge in [-0.1, -0.05) is 41.9 Å². The van der Waals surface area contributed by atoms with Crippen molar-refractivity contribution in [1.29, 1.82) is 0 Å². The fraction of sp³-hybridized carbons (Fsp3) is 0.214. The molecule has 0 fully saturated rings. The number of nitrogens with one attached hydrogen (secondary N) is 2. The van der Waals surface area contributed by atoms with Crippen molar-refractivity contribution in [2.24, 2.45) is 0 Å². The Balaban J connectivity index is 1.86. The van der Waals surface area contributed by atoms with Crippen LogP contribution in [-0.4, -0.2) is 29.5 Å². The zero-order valence-corrected chi connectivity index (χ0v) is 12.2. The van der Waals surface area contributed by atoms with E-state index in [0.717, 1.165) is 5.56 Å². The van der Waals surface area contributed by atoms with E-state index in [-0.39, 0.29) is 17.6 Å². The van der Waals surface area contributed by atoms with Crippen LogP contribution in [-0.2, 0) is 11.3 Å². The molecule has 1 amide bonds. The monoisotopic (exact) mass is 306 g/mol. The molecule has 2 rings (SSSR count). The van der Waals surface area contributed by atoms with E-state index in [9.17, 15) is 4.79 Å². The van der Waals surface area contributed by atoms with Crippen molar-refractivity contribution < 1.29 is 9.53 Å². The number of methoxy groups -OCH3 is 1. The summed E-state index contributed by atoms with van der Waals surface area (Å²) in [5.41, 5.74) is 1.04. The molecule has 2 aromatic rings. The first kappa shape index (κ1) is 15.1. The highest BCUT2D eigenvalue weighted by atomic mass is 35.5. The van der Waals surface area contributed by atoms with Crippen LogP contribution in [0.5, 0.6) is 5.75 Å². The van der Waals surface area contributed by atoms with Crippen molar-refractivity contribution in [3.05, 3.63) is 47.4 Å². The second kappa shape index (κ2) is 7.44. The Morgan fingerprint density at radius 1 is 1.29 bits per heavy atom. The Kier molecular flexibility index (Phi) is 5.34. The van der Waals surface area contributed by atoms with Crippen LogP contribution in [0.3, 0.4) is 0 Å². The minimum atomic E-state index is -0.157. The molecule has 110 valence electrons.